The Balaban J connectivity index is 3.25. The van der Waals surface area contributed by atoms with E-state index in [-0.39, 0.29) is 17.5 Å². The Morgan fingerprint density at radius 1 is 1.47 bits per heavy atom. The molecule has 0 aliphatic rings. The number of nitrogen functional groups attached to an aromatic ring is 1. The number of anilines is 1. The molecule has 6 nitrogen and oxygen atoms in total. The molecule has 0 aliphatic heterocycles. The summed E-state index contributed by atoms with van der Waals surface area (Å²) in [4.78, 5) is 19.1. The molecule has 0 bridgehead atoms. The van der Waals surface area contributed by atoms with Gasteiger partial charge in [0, 0.05) is 7.11 Å². The predicted molar refractivity (Wildman–Crippen MR) is 55.1 cm³/mol. The summed E-state index contributed by atoms with van der Waals surface area (Å²) in [7, 11) is 1.54. The number of methoxy groups -OCH3 is 1. The molecule has 1 aromatic rings. The van der Waals surface area contributed by atoms with Crippen LogP contribution in [0.4, 0.5) is 5.82 Å². The van der Waals surface area contributed by atoms with Crippen LogP contribution in [-0.4, -0.2) is 23.0 Å². The quantitative estimate of drug-likeness (QED) is 0.740. The normalized spacial score (nSPS) is 12.5. The van der Waals surface area contributed by atoms with Gasteiger partial charge in [0.15, 0.2) is 5.82 Å². The molecule has 0 radical (unpaired) electrons. The van der Waals surface area contributed by atoms with Crippen molar-refractivity contribution in [2.45, 2.75) is 20.0 Å². The Morgan fingerprint density at radius 3 is 2.47 bits per heavy atom. The Bertz CT molecular complexity index is 369. The number of carbonyl (C=O) groups is 1. The molecule has 1 aromatic heterocycles. The van der Waals surface area contributed by atoms with E-state index in [1.807, 2.05) is 0 Å². The fourth-order valence-electron chi connectivity index (χ4n) is 1.21. The standard InChI is InChI=1S/C9H14N4O2/c1-4-6(8(11)14)7(10)13-9(12-4)5(2)15-3/h5H,1-3H3,(H2,11,14)(H2,10,12,13). The molecule has 0 spiro atoms. The highest BCUT2D eigenvalue weighted by Crippen LogP contribution is 2.17. The first kappa shape index (κ1) is 11.4. The number of hydrogen-bond acceptors (Lipinski definition) is 5. The zero-order valence-corrected chi connectivity index (χ0v) is 8.94. The monoisotopic (exact) mass is 210 g/mol. The highest BCUT2D eigenvalue weighted by atomic mass is 16.5. The first-order valence-electron chi connectivity index (χ1n) is 4.44. The number of primary amides is 1. The summed E-state index contributed by atoms with van der Waals surface area (Å²) in [6.07, 6.45) is -0.270. The van der Waals surface area contributed by atoms with Crippen LogP contribution in [0.25, 0.3) is 0 Å². The van der Waals surface area contributed by atoms with Crippen molar-refractivity contribution in [1.82, 2.24) is 9.97 Å². The third-order valence-electron chi connectivity index (χ3n) is 2.10. The minimum absolute atomic E-state index is 0.0916. The lowest BCUT2D eigenvalue weighted by atomic mass is 10.2. The topological polar surface area (TPSA) is 104 Å². The van der Waals surface area contributed by atoms with Crippen LogP contribution < -0.4 is 11.5 Å². The van der Waals surface area contributed by atoms with E-state index in [0.717, 1.165) is 0 Å². The van der Waals surface area contributed by atoms with Gasteiger partial charge >= 0.3 is 0 Å². The molecule has 0 saturated heterocycles. The molecule has 6 heteroatoms. The van der Waals surface area contributed by atoms with Crippen LogP contribution in [0, 0.1) is 6.92 Å². The second kappa shape index (κ2) is 4.22. The van der Waals surface area contributed by atoms with E-state index in [4.69, 9.17) is 16.2 Å². The van der Waals surface area contributed by atoms with Gasteiger partial charge < -0.3 is 16.2 Å². The fourth-order valence-corrected chi connectivity index (χ4v) is 1.21. The Labute approximate surface area is 87.7 Å². The van der Waals surface area contributed by atoms with E-state index in [2.05, 4.69) is 9.97 Å². The third kappa shape index (κ3) is 2.21. The molecule has 1 heterocycles. The van der Waals surface area contributed by atoms with Crippen molar-refractivity contribution in [1.29, 1.82) is 0 Å². The molecule has 82 valence electrons. The van der Waals surface area contributed by atoms with E-state index < -0.39 is 5.91 Å². The lowest BCUT2D eigenvalue weighted by Crippen LogP contribution is -2.19. The number of nitrogens with two attached hydrogens (primary N) is 2. The Hall–Kier alpha value is -1.69. The fraction of sp³-hybridized carbons (Fsp3) is 0.444. The number of aryl methyl sites for hydroxylation is 1. The molecule has 15 heavy (non-hydrogen) atoms. The van der Waals surface area contributed by atoms with E-state index in [0.29, 0.717) is 11.5 Å². The van der Waals surface area contributed by atoms with Gasteiger partial charge in [0.05, 0.1) is 5.69 Å². The largest absolute Gasteiger partial charge is 0.383 e. The maximum absolute atomic E-state index is 11.0. The Morgan fingerprint density at radius 2 is 2.07 bits per heavy atom. The number of rotatable bonds is 3. The van der Waals surface area contributed by atoms with Gasteiger partial charge in [0.2, 0.25) is 0 Å². The van der Waals surface area contributed by atoms with Crippen LogP contribution in [0.1, 0.15) is 34.9 Å². The molecule has 1 amide bonds. The van der Waals surface area contributed by atoms with Crippen LogP contribution >= 0.6 is 0 Å². The number of carbonyl (C=O) groups excluding carboxylic acids is 1. The number of nitrogens with zero attached hydrogens (tertiary/aromatic N) is 2. The second-order valence-electron chi connectivity index (χ2n) is 3.17. The van der Waals surface area contributed by atoms with Gasteiger partial charge in [0.1, 0.15) is 17.5 Å². The van der Waals surface area contributed by atoms with Gasteiger partial charge in [-0.25, -0.2) is 9.97 Å². The average Bonchev–Trinajstić information content (AvgIpc) is 2.14. The van der Waals surface area contributed by atoms with Crippen LogP contribution in [0.2, 0.25) is 0 Å². The maximum atomic E-state index is 11.0. The molecule has 1 unspecified atom stereocenters. The predicted octanol–water partition coefficient (Wildman–Crippen LogP) is 0.174. The van der Waals surface area contributed by atoms with Crippen molar-refractivity contribution in [3.63, 3.8) is 0 Å². The van der Waals surface area contributed by atoms with Crippen LogP contribution in [-0.2, 0) is 4.74 Å². The summed E-state index contributed by atoms with van der Waals surface area (Å²) in [5, 5.41) is 0. The number of hydrogen-bond donors (Lipinski definition) is 2. The van der Waals surface area contributed by atoms with Crippen LogP contribution in [0.15, 0.2) is 0 Å². The first-order chi connectivity index (χ1) is 6.97. The summed E-state index contributed by atoms with van der Waals surface area (Å²) in [5.74, 6) is -0.0898. The van der Waals surface area contributed by atoms with Crippen molar-refractivity contribution in [3.8, 4) is 0 Å². The molecule has 4 N–H and O–H groups in total. The molecular formula is C9H14N4O2. The SMILES string of the molecule is COC(C)c1nc(C)c(C(N)=O)c(N)n1. The summed E-state index contributed by atoms with van der Waals surface area (Å²) >= 11 is 0. The lowest BCUT2D eigenvalue weighted by Gasteiger charge is -2.11. The molecule has 1 atom stereocenters. The zero-order valence-electron chi connectivity index (χ0n) is 8.94. The van der Waals surface area contributed by atoms with E-state index in [1.54, 1.807) is 21.0 Å². The minimum atomic E-state index is -0.624. The van der Waals surface area contributed by atoms with Gasteiger partial charge in [-0.1, -0.05) is 0 Å². The van der Waals surface area contributed by atoms with E-state index >= 15 is 0 Å². The van der Waals surface area contributed by atoms with Gasteiger partial charge in [-0.2, -0.15) is 0 Å². The summed E-state index contributed by atoms with van der Waals surface area (Å²) in [6.45, 7) is 3.45. The lowest BCUT2D eigenvalue weighted by molar-refractivity contribution is 0.0996. The molecule has 0 aliphatic carbocycles. The van der Waals surface area contributed by atoms with Gasteiger partial charge in [-0.05, 0) is 13.8 Å². The first-order valence-corrected chi connectivity index (χ1v) is 4.44. The van der Waals surface area contributed by atoms with Gasteiger partial charge in [0.25, 0.3) is 5.91 Å². The van der Waals surface area contributed by atoms with E-state index in [1.165, 1.54) is 0 Å². The number of ether oxygens (including phenoxy) is 1. The highest BCUT2D eigenvalue weighted by molar-refractivity contribution is 5.98. The number of aromatic nitrogens is 2. The third-order valence-corrected chi connectivity index (χ3v) is 2.10. The number of amides is 1. The van der Waals surface area contributed by atoms with Crippen molar-refractivity contribution in [2.75, 3.05) is 12.8 Å². The van der Waals surface area contributed by atoms with Crippen molar-refractivity contribution in [3.05, 3.63) is 17.1 Å². The van der Waals surface area contributed by atoms with Crippen LogP contribution in [0.3, 0.4) is 0 Å². The molecule has 0 saturated carbocycles. The summed E-state index contributed by atoms with van der Waals surface area (Å²) in [6, 6.07) is 0. The van der Waals surface area contributed by atoms with Crippen molar-refractivity contribution >= 4 is 11.7 Å². The second-order valence-corrected chi connectivity index (χ2v) is 3.17. The van der Waals surface area contributed by atoms with E-state index in [9.17, 15) is 4.79 Å². The van der Waals surface area contributed by atoms with Gasteiger partial charge in [-0.3, -0.25) is 4.79 Å². The summed E-state index contributed by atoms with van der Waals surface area (Å²) in [5.41, 5.74) is 11.4. The maximum Gasteiger partial charge on any atom is 0.254 e. The van der Waals surface area contributed by atoms with Crippen molar-refractivity contribution < 1.29 is 9.53 Å². The molecule has 0 aromatic carbocycles. The van der Waals surface area contributed by atoms with Gasteiger partial charge in [-0.15, -0.1) is 0 Å². The molecule has 1 rings (SSSR count). The smallest absolute Gasteiger partial charge is 0.254 e. The molecular weight excluding hydrogens is 196 g/mol. The van der Waals surface area contributed by atoms with Crippen LogP contribution in [0.5, 0.6) is 0 Å². The summed E-state index contributed by atoms with van der Waals surface area (Å²) < 4.78 is 5.05. The molecule has 0 fully saturated rings. The Kier molecular flexibility index (Phi) is 3.21. The van der Waals surface area contributed by atoms with Crippen molar-refractivity contribution in [2.24, 2.45) is 5.73 Å². The minimum Gasteiger partial charge on any atom is -0.383 e. The zero-order chi connectivity index (χ0) is 11.6. The highest BCUT2D eigenvalue weighted by Gasteiger charge is 2.16. The average molecular weight is 210 g/mol.